The van der Waals surface area contributed by atoms with Crippen LogP contribution in [0.5, 0.6) is 11.5 Å². The topological polar surface area (TPSA) is 97.0 Å². The Bertz CT molecular complexity index is 1680. The molecule has 0 atom stereocenters. The summed E-state index contributed by atoms with van der Waals surface area (Å²) in [6.07, 6.45) is 1.57. The van der Waals surface area contributed by atoms with E-state index in [1.54, 1.807) is 18.2 Å². The van der Waals surface area contributed by atoms with Gasteiger partial charge in [0.05, 0.1) is 10.2 Å². The molecule has 2 N–H and O–H groups in total. The van der Waals surface area contributed by atoms with Gasteiger partial charge < -0.3 is 20.1 Å². The number of benzene rings is 4. The third-order valence-corrected chi connectivity index (χ3v) is 7.26. The molecule has 4 aromatic carbocycles. The molecule has 0 spiro atoms. The maximum Gasteiger partial charge on any atom is 0.329 e. The molecule has 1 aliphatic heterocycles. The number of imide groups is 1. The van der Waals surface area contributed by atoms with Gasteiger partial charge in [0.15, 0.2) is 11.5 Å². The monoisotopic (exact) mass is 661 g/mol. The highest BCUT2D eigenvalue weighted by atomic mass is 127. The zero-order valence-corrected chi connectivity index (χ0v) is 24.7. The molecule has 8 nitrogen and oxygen atoms in total. The zero-order chi connectivity index (χ0) is 28.9. The van der Waals surface area contributed by atoms with Crippen LogP contribution >= 0.6 is 22.6 Å². The maximum atomic E-state index is 13.0. The number of rotatable bonds is 9. The first-order valence-electron chi connectivity index (χ1n) is 13.1. The largest absolute Gasteiger partial charge is 0.490 e. The summed E-state index contributed by atoms with van der Waals surface area (Å²) in [6, 6.07) is 24.5. The van der Waals surface area contributed by atoms with Crippen molar-refractivity contribution < 1.29 is 23.9 Å². The molecule has 0 aliphatic carbocycles. The van der Waals surface area contributed by atoms with Gasteiger partial charge in [0, 0.05) is 5.69 Å². The fourth-order valence-corrected chi connectivity index (χ4v) is 5.37. The summed E-state index contributed by atoms with van der Waals surface area (Å²) in [6.45, 7) is 4.16. The third-order valence-electron chi connectivity index (χ3n) is 6.46. The van der Waals surface area contributed by atoms with E-state index in [2.05, 4.69) is 51.4 Å². The van der Waals surface area contributed by atoms with Crippen molar-refractivity contribution in [3.63, 3.8) is 0 Å². The number of amides is 4. The lowest BCUT2D eigenvalue weighted by Crippen LogP contribution is -2.38. The number of carbonyl (C=O) groups is 3. The SMILES string of the molecule is CCOc1cc(/C=C2/NC(=O)N(CC(=O)Nc3cccc(C)c3)C2=O)cc(I)c1OCc1cccc2ccccc12. The highest BCUT2D eigenvalue weighted by molar-refractivity contribution is 14.1. The number of nitrogens with one attached hydrogen (secondary N) is 2. The van der Waals surface area contributed by atoms with Crippen molar-refractivity contribution in [1.82, 2.24) is 10.2 Å². The number of halogens is 1. The minimum atomic E-state index is -0.657. The van der Waals surface area contributed by atoms with Gasteiger partial charge in [-0.3, -0.25) is 9.59 Å². The second-order valence-corrected chi connectivity index (χ2v) is 10.6. The molecule has 0 saturated carbocycles. The van der Waals surface area contributed by atoms with Crippen molar-refractivity contribution in [3.05, 3.63) is 105 Å². The first-order valence-corrected chi connectivity index (χ1v) is 14.2. The lowest BCUT2D eigenvalue weighted by Gasteiger charge is -2.16. The fraction of sp³-hybridized carbons (Fsp3) is 0.156. The minimum Gasteiger partial charge on any atom is -0.490 e. The van der Waals surface area contributed by atoms with Gasteiger partial charge in [-0.25, -0.2) is 9.69 Å². The Morgan fingerprint density at radius 1 is 1.00 bits per heavy atom. The smallest absolute Gasteiger partial charge is 0.329 e. The number of nitrogens with zero attached hydrogens (tertiary/aromatic N) is 1. The molecule has 0 bridgehead atoms. The lowest BCUT2D eigenvalue weighted by molar-refractivity contribution is -0.127. The molecule has 41 heavy (non-hydrogen) atoms. The summed E-state index contributed by atoms with van der Waals surface area (Å²) in [5.41, 5.74) is 3.34. The van der Waals surface area contributed by atoms with Crippen LogP contribution < -0.4 is 20.1 Å². The summed E-state index contributed by atoms with van der Waals surface area (Å²) >= 11 is 2.17. The number of carbonyl (C=O) groups excluding carboxylic acids is 3. The van der Waals surface area contributed by atoms with Gasteiger partial charge in [0.2, 0.25) is 5.91 Å². The Labute approximate surface area is 251 Å². The number of hydrogen-bond acceptors (Lipinski definition) is 5. The molecule has 4 aromatic rings. The second kappa shape index (κ2) is 12.4. The lowest BCUT2D eigenvalue weighted by atomic mass is 10.1. The Morgan fingerprint density at radius 3 is 2.59 bits per heavy atom. The molecule has 0 aromatic heterocycles. The first kappa shape index (κ1) is 28.2. The molecular formula is C32H28IN3O5. The van der Waals surface area contributed by atoms with Gasteiger partial charge in [-0.05, 0) is 94.2 Å². The molecule has 0 radical (unpaired) electrons. The second-order valence-electron chi connectivity index (χ2n) is 9.49. The molecule has 1 fully saturated rings. The number of fused-ring (bicyclic) bond motifs is 1. The van der Waals surface area contributed by atoms with Crippen LogP contribution in [0, 0.1) is 10.5 Å². The van der Waals surface area contributed by atoms with Crippen LogP contribution in [0.1, 0.15) is 23.6 Å². The van der Waals surface area contributed by atoms with E-state index in [4.69, 9.17) is 9.47 Å². The van der Waals surface area contributed by atoms with Crippen LogP contribution in [0.2, 0.25) is 0 Å². The molecule has 1 saturated heterocycles. The number of aryl methyl sites for hydroxylation is 1. The number of urea groups is 1. The van der Waals surface area contributed by atoms with Crippen LogP contribution in [0.3, 0.4) is 0 Å². The van der Waals surface area contributed by atoms with Gasteiger partial charge in [0.1, 0.15) is 18.8 Å². The fourth-order valence-electron chi connectivity index (χ4n) is 4.59. The van der Waals surface area contributed by atoms with Crippen LogP contribution in [-0.4, -0.2) is 35.9 Å². The minimum absolute atomic E-state index is 0.0704. The molecule has 5 rings (SSSR count). The van der Waals surface area contributed by atoms with E-state index in [0.717, 1.165) is 30.4 Å². The average molecular weight is 661 g/mol. The summed E-state index contributed by atoms with van der Waals surface area (Å²) in [4.78, 5) is 39.0. The summed E-state index contributed by atoms with van der Waals surface area (Å²) in [7, 11) is 0. The van der Waals surface area contributed by atoms with E-state index in [1.807, 2.05) is 62.4 Å². The summed E-state index contributed by atoms with van der Waals surface area (Å²) < 4.78 is 12.9. The van der Waals surface area contributed by atoms with Crippen molar-refractivity contribution in [1.29, 1.82) is 0 Å². The molecule has 1 aliphatic rings. The van der Waals surface area contributed by atoms with Crippen LogP contribution in [-0.2, 0) is 16.2 Å². The number of hydrogen-bond donors (Lipinski definition) is 2. The Balaban J connectivity index is 1.32. The van der Waals surface area contributed by atoms with Gasteiger partial charge in [-0.2, -0.15) is 0 Å². The van der Waals surface area contributed by atoms with Gasteiger partial charge in [0.25, 0.3) is 5.91 Å². The van der Waals surface area contributed by atoms with Gasteiger partial charge in [-0.1, -0.05) is 54.6 Å². The van der Waals surface area contributed by atoms with E-state index in [0.29, 0.717) is 36.0 Å². The van der Waals surface area contributed by atoms with Gasteiger partial charge >= 0.3 is 6.03 Å². The molecule has 0 unspecified atom stereocenters. The standard InChI is InChI=1S/C32H28IN3O5/c1-3-40-28-17-21(15-26(33)30(28)41-19-23-11-7-10-22-9-4-5-13-25(22)23)16-27-31(38)36(32(39)35-27)18-29(37)34-24-12-6-8-20(2)14-24/h4-17H,3,18-19H2,1-2H3,(H,34,37)(H,35,39)/b27-16+. The third kappa shape index (κ3) is 6.51. The van der Waals surface area contributed by atoms with Crippen molar-refractivity contribution in [2.75, 3.05) is 18.5 Å². The molecule has 208 valence electrons. The predicted octanol–water partition coefficient (Wildman–Crippen LogP) is 6.26. The van der Waals surface area contributed by atoms with Crippen molar-refractivity contribution in [3.8, 4) is 11.5 Å². The normalized spacial score (nSPS) is 13.9. The van der Waals surface area contributed by atoms with E-state index in [1.165, 1.54) is 0 Å². The van der Waals surface area contributed by atoms with Crippen LogP contribution in [0.15, 0.2) is 84.6 Å². The average Bonchev–Trinajstić information content (AvgIpc) is 3.20. The maximum absolute atomic E-state index is 13.0. The zero-order valence-electron chi connectivity index (χ0n) is 22.6. The number of ether oxygens (including phenoxy) is 2. The highest BCUT2D eigenvalue weighted by Crippen LogP contribution is 2.36. The number of anilines is 1. The van der Waals surface area contributed by atoms with Gasteiger partial charge in [-0.15, -0.1) is 0 Å². The van der Waals surface area contributed by atoms with Crippen molar-refractivity contribution >= 4 is 63.0 Å². The summed E-state index contributed by atoms with van der Waals surface area (Å²) in [5, 5.41) is 7.56. The molecule has 4 amide bonds. The summed E-state index contributed by atoms with van der Waals surface area (Å²) in [5.74, 6) is 0.0660. The Kier molecular flexibility index (Phi) is 8.53. The molecular weight excluding hydrogens is 633 g/mol. The first-order chi connectivity index (χ1) is 19.8. The van der Waals surface area contributed by atoms with Crippen LogP contribution in [0.4, 0.5) is 10.5 Å². The predicted molar refractivity (Wildman–Crippen MR) is 167 cm³/mol. The van der Waals surface area contributed by atoms with E-state index in [-0.39, 0.29) is 5.70 Å². The molecule has 9 heteroatoms. The highest BCUT2D eigenvalue weighted by Gasteiger charge is 2.35. The van der Waals surface area contributed by atoms with Crippen molar-refractivity contribution in [2.45, 2.75) is 20.5 Å². The quantitative estimate of drug-likeness (QED) is 0.125. The van der Waals surface area contributed by atoms with E-state index in [9.17, 15) is 14.4 Å². The molecule has 1 heterocycles. The Morgan fingerprint density at radius 2 is 1.78 bits per heavy atom. The van der Waals surface area contributed by atoms with Crippen LogP contribution in [0.25, 0.3) is 16.8 Å². The van der Waals surface area contributed by atoms with E-state index < -0.39 is 24.4 Å². The van der Waals surface area contributed by atoms with Crippen molar-refractivity contribution in [2.24, 2.45) is 0 Å². The van der Waals surface area contributed by atoms with E-state index >= 15 is 0 Å². The Hall–Kier alpha value is -4.38.